The van der Waals surface area contributed by atoms with E-state index in [9.17, 15) is 19.5 Å². The molecule has 47 heavy (non-hydrogen) atoms. The highest BCUT2D eigenvalue weighted by molar-refractivity contribution is 5.69. The lowest BCUT2D eigenvalue weighted by atomic mass is 9.57. The minimum absolute atomic E-state index is 0.0388. The lowest BCUT2D eigenvalue weighted by Crippen LogP contribution is -2.58. The van der Waals surface area contributed by atoms with Crippen LogP contribution in [0.2, 0.25) is 0 Å². The second kappa shape index (κ2) is 17.8. The predicted octanol–water partition coefficient (Wildman–Crippen LogP) is 8.63. The number of hydrogen-bond acceptors (Lipinski definition) is 8. The van der Waals surface area contributed by atoms with Gasteiger partial charge in [-0.25, -0.2) is 0 Å². The zero-order valence-electron chi connectivity index (χ0n) is 31.1. The lowest BCUT2D eigenvalue weighted by molar-refractivity contribution is -0.185. The van der Waals surface area contributed by atoms with Crippen molar-refractivity contribution in [3.8, 4) is 0 Å². The van der Waals surface area contributed by atoms with Gasteiger partial charge in [0.25, 0.3) is 0 Å². The standard InChI is InChI=1S/C39H68O8/c1-9-10-11-12-13-14-15-16-17-18-19-20-21-33(42)45-32-23-25-39(8,47-29(5)41)36-34-30(27(2)3)22-24-38(7,46-28(4)40)35(34)31(44-36)26-37(32,6)43/h27,30-32,34-36,43H,9-26H2,1-8H3/t30-,31-,32+,34-,35-,36-,37+,38-,39-/m0/s1. The molecule has 0 unspecified atom stereocenters. The first-order valence-electron chi connectivity index (χ1n) is 19.1. The van der Waals surface area contributed by atoms with Gasteiger partial charge in [-0.2, -0.15) is 0 Å². The van der Waals surface area contributed by atoms with E-state index in [-0.39, 0.29) is 36.1 Å². The molecule has 1 N–H and O–H groups in total. The average molecular weight is 665 g/mol. The average Bonchev–Trinajstić information content (AvgIpc) is 3.36. The van der Waals surface area contributed by atoms with E-state index in [2.05, 4.69) is 20.8 Å². The fourth-order valence-corrected chi connectivity index (χ4v) is 9.22. The maximum absolute atomic E-state index is 13.1. The molecular formula is C39H68O8. The number of unbranched alkanes of at least 4 members (excludes halogenated alkanes) is 11. The van der Waals surface area contributed by atoms with Crippen LogP contribution in [0.5, 0.6) is 0 Å². The number of fused-ring (bicyclic) bond motifs is 5. The fraction of sp³-hybridized carbons (Fsp3) is 0.923. The van der Waals surface area contributed by atoms with Gasteiger partial charge in [-0.15, -0.1) is 0 Å². The summed E-state index contributed by atoms with van der Waals surface area (Å²) >= 11 is 0. The van der Waals surface area contributed by atoms with Gasteiger partial charge >= 0.3 is 17.9 Å². The Morgan fingerprint density at radius 3 is 1.83 bits per heavy atom. The number of aliphatic hydroxyl groups is 1. The summed E-state index contributed by atoms with van der Waals surface area (Å²) in [5.41, 5.74) is -3.19. The van der Waals surface area contributed by atoms with Crippen LogP contribution < -0.4 is 0 Å². The molecule has 8 nitrogen and oxygen atoms in total. The van der Waals surface area contributed by atoms with E-state index < -0.39 is 41.1 Å². The van der Waals surface area contributed by atoms with Crippen molar-refractivity contribution in [2.75, 3.05) is 0 Å². The Kier molecular flexibility index (Phi) is 15.1. The van der Waals surface area contributed by atoms with Crippen molar-refractivity contribution in [2.24, 2.45) is 23.7 Å². The Labute approximate surface area is 285 Å². The van der Waals surface area contributed by atoms with E-state index >= 15 is 0 Å². The molecule has 2 heterocycles. The molecule has 9 atom stereocenters. The van der Waals surface area contributed by atoms with Gasteiger partial charge in [-0.1, -0.05) is 91.4 Å². The Morgan fingerprint density at radius 1 is 0.787 bits per heavy atom. The quantitative estimate of drug-likeness (QED) is 0.0935. The first-order valence-corrected chi connectivity index (χ1v) is 19.1. The molecule has 272 valence electrons. The molecule has 3 fully saturated rings. The van der Waals surface area contributed by atoms with E-state index in [1.165, 1.54) is 71.6 Å². The molecule has 0 radical (unpaired) electrons. The van der Waals surface area contributed by atoms with Crippen LogP contribution in [0.4, 0.5) is 0 Å². The van der Waals surface area contributed by atoms with Gasteiger partial charge < -0.3 is 24.1 Å². The zero-order valence-corrected chi connectivity index (χ0v) is 31.1. The molecule has 0 aromatic rings. The Balaban J connectivity index is 1.68. The maximum Gasteiger partial charge on any atom is 0.306 e. The molecular weight excluding hydrogens is 596 g/mol. The summed E-state index contributed by atoms with van der Waals surface area (Å²) < 4.78 is 25.1. The zero-order chi connectivity index (χ0) is 34.8. The summed E-state index contributed by atoms with van der Waals surface area (Å²) in [6.07, 6.45) is 15.7. The first-order chi connectivity index (χ1) is 22.1. The van der Waals surface area contributed by atoms with Crippen molar-refractivity contribution in [1.82, 2.24) is 0 Å². The Bertz CT molecular complexity index is 1010. The van der Waals surface area contributed by atoms with Crippen LogP contribution in [0.15, 0.2) is 0 Å². The topological polar surface area (TPSA) is 108 Å². The highest BCUT2D eigenvalue weighted by atomic mass is 16.6. The molecule has 2 aliphatic heterocycles. The van der Waals surface area contributed by atoms with E-state index in [4.69, 9.17) is 18.9 Å². The second-order valence-corrected chi connectivity index (χ2v) is 16.2. The number of rotatable bonds is 17. The van der Waals surface area contributed by atoms with Crippen LogP contribution in [0.25, 0.3) is 0 Å². The van der Waals surface area contributed by atoms with Crippen molar-refractivity contribution < 1.29 is 38.4 Å². The third kappa shape index (κ3) is 10.9. The number of hydrogen-bond donors (Lipinski definition) is 1. The van der Waals surface area contributed by atoms with E-state index in [1.54, 1.807) is 6.92 Å². The van der Waals surface area contributed by atoms with Gasteiger partial charge in [0.2, 0.25) is 0 Å². The minimum atomic E-state index is -1.39. The van der Waals surface area contributed by atoms with Gasteiger partial charge in [-0.05, 0) is 64.7 Å². The van der Waals surface area contributed by atoms with Crippen LogP contribution in [0.3, 0.4) is 0 Å². The van der Waals surface area contributed by atoms with Crippen molar-refractivity contribution >= 4 is 17.9 Å². The van der Waals surface area contributed by atoms with Crippen LogP contribution in [-0.4, -0.2) is 58.1 Å². The summed E-state index contributed by atoms with van der Waals surface area (Å²) in [6.45, 7) is 15.1. The Hall–Kier alpha value is -1.67. The molecule has 3 aliphatic rings. The molecule has 2 bridgehead atoms. The van der Waals surface area contributed by atoms with Crippen LogP contribution in [0.1, 0.15) is 171 Å². The van der Waals surface area contributed by atoms with Gasteiger partial charge in [0.1, 0.15) is 29.0 Å². The summed E-state index contributed by atoms with van der Waals surface area (Å²) in [7, 11) is 0. The largest absolute Gasteiger partial charge is 0.459 e. The molecule has 2 saturated heterocycles. The van der Waals surface area contributed by atoms with Gasteiger partial charge in [0, 0.05) is 38.5 Å². The summed E-state index contributed by atoms with van der Waals surface area (Å²) in [5, 5.41) is 12.0. The van der Waals surface area contributed by atoms with E-state index in [1.807, 2.05) is 13.8 Å². The molecule has 1 aliphatic carbocycles. The highest BCUT2D eigenvalue weighted by Gasteiger charge is 2.65. The maximum atomic E-state index is 13.1. The fourth-order valence-electron chi connectivity index (χ4n) is 9.22. The predicted molar refractivity (Wildman–Crippen MR) is 184 cm³/mol. The monoisotopic (exact) mass is 664 g/mol. The summed E-state index contributed by atoms with van der Waals surface area (Å²) in [5.74, 6) is -0.695. The number of esters is 3. The van der Waals surface area contributed by atoms with Crippen LogP contribution in [0, 0.1) is 23.7 Å². The number of carbonyl (C=O) groups is 3. The van der Waals surface area contributed by atoms with Crippen molar-refractivity contribution in [3.05, 3.63) is 0 Å². The van der Waals surface area contributed by atoms with Gasteiger partial charge in [0.05, 0.1) is 6.10 Å². The highest BCUT2D eigenvalue weighted by Crippen LogP contribution is 2.58. The van der Waals surface area contributed by atoms with Gasteiger partial charge in [-0.3, -0.25) is 14.4 Å². The molecule has 0 aromatic heterocycles. The second-order valence-electron chi connectivity index (χ2n) is 16.2. The molecule has 0 spiro atoms. The molecule has 8 heteroatoms. The SMILES string of the molecule is CCCCCCCCCCCCCCC(=O)O[C@@H]1CC[C@](C)(OC(C)=O)[C@H]2O[C@@H](C[C@@]1(C)O)[C@H]1[C@@H]2[C@H](C(C)C)CC[C@]1(C)OC(C)=O. The van der Waals surface area contributed by atoms with Crippen LogP contribution in [-0.2, 0) is 33.3 Å². The third-order valence-electron chi connectivity index (χ3n) is 11.6. The van der Waals surface area contributed by atoms with Crippen LogP contribution >= 0.6 is 0 Å². The Morgan fingerprint density at radius 2 is 1.30 bits per heavy atom. The summed E-state index contributed by atoms with van der Waals surface area (Å²) in [6, 6.07) is 0. The van der Waals surface area contributed by atoms with Gasteiger partial charge in [0.15, 0.2) is 0 Å². The number of carbonyl (C=O) groups excluding carboxylic acids is 3. The van der Waals surface area contributed by atoms with Crippen molar-refractivity contribution in [3.63, 3.8) is 0 Å². The molecule has 3 rings (SSSR count). The van der Waals surface area contributed by atoms with E-state index in [0.717, 1.165) is 25.7 Å². The minimum Gasteiger partial charge on any atom is -0.459 e. The molecule has 0 amide bonds. The van der Waals surface area contributed by atoms with Crippen molar-refractivity contribution in [1.29, 1.82) is 0 Å². The molecule has 1 saturated carbocycles. The normalized spacial score (nSPS) is 35.4. The third-order valence-corrected chi connectivity index (χ3v) is 11.6. The summed E-state index contributed by atoms with van der Waals surface area (Å²) in [4.78, 5) is 38.0. The smallest absolute Gasteiger partial charge is 0.306 e. The lowest BCUT2D eigenvalue weighted by Gasteiger charge is -2.51. The first kappa shape index (κ1) is 39.8. The molecule has 0 aromatic carbocycles. The van der Waals surface area contributed by atoms with E-state index in [0.29, 0.717) is 31.6 Å². The van der Waals surface area contributed by atoms with Crippen molar-refractivity contribution in [2.45, 2.75) is 206 Å². The number of ether oxygens (including phenoxy) is 4.